The van der Waals surface area contributed by atoms with Crippen LogP contribution in [-0.4, -0.2) is 65.7 Å². The van der Waals surface area contributed by atoms with Gasteiger partial charge in [-0.1, -0.05) is 30.5 Å². The van der Waals surface area contributed by atoms with Crippen molar-refractivity contribution in [3.05, 3.63) is 63.7 Å². The number of carbonyl (C=O) groups excluding carboxylic acids is 1. The third-order valence-corrected chi connectivity index (χ3v) is 9.11. The molecule has 2 aliphatic carbocycles. The molecule has 37 heavy (non-hydrogen) atoms. The highest BCUT2D eigenvalue weighted by Gasteiger charge is 2.46. The minimum Gasteiger partial charge on any atom is -0.336 e. The molecule has 2 fully saturated rings. The highest BCUT2D eigenvalue weighted by Crippen LogP contribution is 2.45. The van der Waals surface area contributed by atoms with Crippen LogP contribution in [0.4, 0.5) is 11.4 Å². The third-order valence-electron chi connectivity index (χ3n) is 8.80. The number of aryl methyl sites for hydroxylation is 1. The first-order valence-electron chi connectivity index (χ1n) is 13.5. The zero-order valence-corrected chi connectivity index (χ0v) is 22.3. The summed E-state index contributed by atoms with van der Waals surface area (Å²) >= 11 is 6.44. The first-order chi connectivity index (χ1) is 17.9. The summed E-state index contributed by atoms with van der Waals surface area (Å²) in [4.78, 5) is 25.8. The Morgan fingerprint density at radius 2 is 1.95 bits per heavy atom. The first kappa shape index (κ1) is 24.4. The van der Waals surface area contributed by atoms with Crippen LogP contribution in [0.2, 0.25) is 5.02 Å². The van der Waals surface area contributed by atoms with E-state index in [0.29, 0.717) is 34.3 Å². The van der Waals surface area contributed by atoms with Gasteiger partial charge in [-0.3, -0.25) is 9.80 Å². The lowest BCUT2D eigenvalue weighted by molar-refractivity contribution is 0.0777. The topological polar surface area (TPSA) is 56.4 Å². The van der Waals surface area contributed by atoms with Crippen molar-refractivity contribution in [3.63, 3.8) is 0 Å². The largest absolute Gasteiger partial charge is 0.336 e. The molecule has 0 bridgehead atoms. The summed E-state index contributed by atoms with van der Waals surface area (Å²) in [6.07, 6.45) is 7.81. The van der Waals surface area contributed by atoms with Crippen molar-refractivity contribution in [1.29, 1.82) is 0 Å². The molecule has 0 N–H and O–H groups in total. The fourth-order valence-corrected chi connectivity index (χ4v) is 7.00. The number of pyridine rings is 1. The van der Waals surface area contributed by atoms with Crippen LogP contribution >= 0.6 is 11.6 Å². The maximum atomic E-state index is 13.2. The number of benzene rings is 1. The third kappa shape index (κ3) is 4.30. The van der Waals surface area contributed by atoms with Crippen LogP contribution in [-0.2, 0) is 6.42 Å². The van der Waals surface area contributed by atoms with Gasteiger partial charge in [0.1, 0.15) is 5.69 Å². The van der Waals surface area contributed by atoms with E-state index in [9.17, 15) is 4.79 Å². The van der Waals surface area contributed by atoms with Crippen molar-refractivity contribution in [1.82, 2.24) is 14.8 Å². The average molecular weight is 517 g/mol. The lowest BCUT2D eigenvalue weighted by Gasteiger charge is -2.34. The van der Waals surface area contributed by atoms with Gasteiger partial charge in [-0.2, -0.15) is 5.10 Å². The molecule has 0 spiro atoms. The summed E-state index contributed by atoms with van der Waals surface area (Å²) in [5, 5.41) is 7.84. The summed E-state index contributed by atoms with van der Waals surface area (Å²) < 4.78 is 0. The Labute approximate surface area is 223 Å². The van der Waals surface area contributed by atoms with E-state index < -0.39 is 0 Å². The van der Waals surface area contributed by atoms with Crippen molar-refractivity contribution in [3.8, 4) is 0 Å². The minimum atomic E-state index is 0.0302. The number of aromatic nitrogens is 1. The number of nitrogens with zero attached hydrogens (tertiary/aromatic N) is 6. The Morgan fingerprint density at radius 3 is 2.65 bits per heavy atom. The second-order valence-electron chi connectivity index (χ2n) is 11.1. The lowest BCUT2D eigenvalue weighted by Crippen LogP contribution is -2.41. The molecule has 192 valence electrons. The number of amides is 1. The highest BCUT2D eigenvalue weighted by atomic mass is 35.5. The Bertz CT molecular complexity index is 1290. The molecule has 2 aromatic rings. The summed E-state index contributed by atoms with van der Waals surface area (Å²) in [5.41, 5.74) is 5.10. The molecule has 4 aliphatic rings. The lowest BCUT2D eigenvalue weighted by atomic mass is 9.76. The number of carbonyl (C=O) groups is 1. The van der Waals surface area contributed by atoms with Gasteiger partial charge in [-0.05, 0) is 76.4 Å². The van der Waals surface area contributed by atoms with Gasteiger partial charge < -0.3 is 9.80 Å². The smallest absolute Gasteiger partial charge is 0.272 e. The van der Waals surface area contributed by atoms with Gasteiger partial charge in [-0.15, -0.1) is 0 Å². The maximum Gasteiger partial charge on any atom is 0.272 e. The normalized spacial score (nSPS) is 25.3. The average Bonchev–Trinajstić information content (AvgIpc) is 3.67. The molecule has 2 unspecified atom stereocenters. The monoisotopic (exact) mass is 516 g/mol. The predicted octanol–water partition coefficient (Wildman–Crippen LogP) is 5.41. The van der Waals surface area contributed by atoms with Crippen molar-refractivity contribution in [2.45, 2.75) is 57.0 Å². The zero-order chi connectivity index (χ0) is 25.7. The number of likely N-dealkylation sites (tertiary alicyclic amines) is 1. The van der Waals surface area contributed by atoms with Crippen LogP contribution < -0.4 is 5.01 Å². The number of anilines is 1. The van der Waals surface area contributed by atoms with Crippen LogP contribution in [0.25, 0.3) is 4.85 Å². The fourth-order valence-electron chi connectivity index (χ4n) is 6.78. The number of hydrogen-bond acceptors (Lipinski definition) is 5. The van der Waals surface area contributed by atoms with Crippen LogP contribution in [0, 0.1) is 18.4 Å². The van der Waals surface area contributed by atoms with Gasteiger partial charge in [0.2, 0.25) is 5.69 Å². The minimum absolute atomic E-state index is 0.0302. The molecule has 1 saturated heterocycles. The number of hydrazone groups is 1. The van der Waals surface area contributed by atoms with E-state index in [4.69, 9.17) is 28.3 Å². The molecular formula is C29H33ClN6O. The molecular weight excluding hydrogens is 484 g/mol. The van der Waals surface area contributed by atoms with E-state index in [0.717, 1.165) is 55.0 Å². The summed E-state index contributed by atoms with van der Waals surface area (Å²) in [7, 11) is 4.15. The second-order valence-corrected chi connectivity index (χ2v) is 11.5. The van der Waals surface area contributed by atoms with Gasteiger partial charge in [0.05, 0.1) is 29.7 Å². The van der Waals surface area contributed by atoms with E-state index in [1.54, 1.807) is 6.07 Å². The van der Waals surface area contributed by atoms with Gasteiger partial charge in [0.15, 0.2) is 0 Å². The summed E-state index contributed by atoms with van der Waals surface area (Å²) in [6, 6.07) is 10.3. The maximum absolute atomic E-state index is 13.2. The second kappa shape index (κ2) is 9.74. The summed E-state index contributed by atoms with van der Waals surface area (Å²) in [6.45, 7) is 8.88. The van der Waals surface area contributed by atoms with Crippen molar-refractivity contribution in [2.24, 2.45) is 16.9 Å². The van der Waals surface area contributed by atoms with Gasteiger partial charge in [0.25, 0.3) is 5.91 Å². The van der Waals surface area contributed by atoms with Crippen molar-refractivity contribution in [2.75, 3.05) is 32.2 Å². The molecule has 1 aromatic heterocycles. The molecule has 0 radical (unpaired) electrons. The van der Waals surface area contributed by atoms with Gasteiger partial charge in [-0.25, -0.2) is 9.83 Å². The molecule has 1 saturated carbocycles. The molecule has 6 rings (SSSR count). The molecule has 1 amide bonds. The van der Waals surface area contributed by atoms with Crippen LogP contribution in [0.5, 0.6) is 0 Å². The van der Waals surface area contributed by atoms with Crippen LogP contribution in [0.1, 0.15) is 60.3 Å². The fraction of sp³-hybridized carbons (Fsp3) is 0.517. The van der Waals surface area contributed by atoms with Crippen LogP contribution in [0.15, 0.2) is 35.4 Å². The Balaban J connectivity index is 1.32. The van der Waals surface area contributed by atoms with E-state index >= 15 is 0 Å². The van der Waals surface area contributed by atoms with Gasteiger partial charge >= 0.3 is 0 Å². The number of likely N-dealkylation sites (N-methyl/N-ethyl adjacent to an activating group) is 1. The van der Waals surface area contributed by atoms with Gasteiger partial charge in [0, 0.05) is 35.6 Å². The van der Waals surface area contributed by atoms with Crippen molar-refractivity contribution < 1.29 is 4.79 Å². The van der Waals surface area contributed by atoms with E-state index in [1.807, 2.05) is 23.1 Å². The molecule has 1 aromatic carbocycles. The standard InChI is InChI=1S/C29H33ClN6O/c1-31-25-11-8-19(16-23(25)30)36-28(18-6-4-5-7-18)22-10-12-24-21(27(22)33-36)9-13-26(32-24)29(37)35-15-14-20(17-35)34(2)3/h8-9,11,13,16,18,20,22,28H,4-7,10,12,14-15,17H2,2-3H3/t20-,22?,28?/m0/s1. The highest BCUT2D eigenvalue weighted by molar-refractivity contribution is 6.33. The number of hydrogen-bond donors (Lipinski definition) is 0. The number of halogens is 1. The van der Waals surface area contributed by atoms with Crippen molar-refractivity contribution >= 4 is 34.6 Å². The first-order valence-corrected chi connectivity index (χ1v) is 13.8. The number of fused-ring (bicyclic) bond motifs is 3. The molecule has 7 nitrogen and oxygen atoms in total. The molecule has 3 heterocycles. The Morgan fingerprint density at radius 1 is 1.14 bits per heavy atom. The van der Waals surface area contributed by atoms with Crippen LogP contribution in [0.3, 0.4) is 0 Å². The van der Waals surface area contributed by atoms with E-state index in [-0.39, 0.29) is 11.9 Å². The molecule has 8 heteroatoms. The Kier molecular flexibility index (Phi) is 6.42. The Hall–Kier alpha value is -2.95. The van der Waals surface area contributed by atoms with E-state index in [2.05, 4.69) is 34.9 Å². The SMILES string of the molecule is [C-]#[N+]c1ccc(N2N=C3c4ccc(C(=O)N5CC[C@H](N(C)C)C5)nc4CCC3C2C2CCCC2)cc1Cl. The quantitative estimate of drug-likeness (QED) is 0.510. The van der Waals surface area contributed by atoms with E-state index in [1.165, 1.54) is 25.7 Å². The zero-order valence-electron chi connectivity index (χ0n) is 21.5. The number of rotatable bonds is 4. The predicted molar refractivity (Wildman–Crippen MR) is 147 cm³/mol. The molecule has 2 aliphatic heterocycles. The molecule has 3 atom stereocenters. The summed E-state index contributed by atoms with van der Waals surface area (Å²) in [5.74, 6) is 0.945.